The van der Waals surface area contributed by atoms with Crippen LogP contribution in [0.3, 0.4) is 0 Å². The zero-order valence-electron chi connectivity index (χ0n) is 34.8. The van der Waals surface area contributed by atoms with Gasteiger partial charge in [0.25, 0.3) is 0 Å². The molecule has 0 aliphatic carbocycles. The average Bonchev–Trinajstić information content (AvgIpc) is 3.61. The largest absolute Gasteiger partial charge is 0.456 e. The van der Waals surface area contributed by atoms with Gasteiger partial charge in [-0.05, 0) is 22.3 Å². The first-order chi connectivity index (χ1) is 29.7. The summed E-state index contributed by atoms with van der Waals surface area (Å²) >= 11 is 0. The second-order valence-corrected chi connectivity index (χ2v) is 14.7. The second-order valence-electron chi connectivity index (χ2n) is 14.7. The summed E-state index contributed by atoms with van der Waals surface area (Å²) in [6.45, 7) is 4.43. The van der Waals surface area contributed by atoms with E-state index in [1.54, 1.807) is 0 Å². The van der Waals surface area contributed by atoms with Gasteiger partial charge < -0.3 is 52.1 Å². The number of methoxy groups -OCH3 is 1. The van der Waals surface area contributed by atoms with Crippen molar-refractivity contribution in [1.82, 2.24) is 0 Å². The van der Waals surface area contributed by atoms with E-state index < -0.39 is 79.3 Å². The molecule has 1 unspecified atom stereocenters. The summed E-state index contributed by atoms with van der Waals surface area (Å²) < 4.78 is 68.3. The van der Waals surface area contributed by atoms with Crippen LogP contribution in [-0.2, 0) is 92.9 Å². The van der Waals surface area contributed by atoms with Gasteiger partial charge in [0.15, 0.2) is 30.9 Å². The first-order valence-corrected chi connectivity index (χ1v) is 20.2. The fraction of sp³-hybridized carbons (Fsp3) is 0.426. The fourth-order valence-corrected chi connectivity index (χ4v) is 7.23. The Bertz CT molecular complexity index is 1920. The van der Waals surface area contributed by atoms with Gasteiger partial charge in [-0.25, -0.2) is 0 Å². The Morgan fingerprint density at radius 3 is 1.48 bits per heavy atom. The van der Waals surface area contributed by atoms with Crippen molar-refractivity contribution in [2.75, 3.05) is 20.3 Å². The lowest BCUT2D eigenvalue weighted by Crippen LogP contribution is -2.62. The van der Waals surface area contributed by atoms with Crippen molar-refractivity contribution in [1.29, 1.82) is 0 Å². The average molecular weight is 843 g/mol. The van der Waals surface area contributed by atoms with E-state index >= 15 is 0 Å². The lowest BCUT2D eigenvalue weighted by molar-refractivity contribution is -0.311. The smallest absolute Gasteiger partial charge is 0.303 e. The minimum absolute atomic E-state index is 0.132. The van der Waals surface area contributed by atoms with Crippen LogP contribution in [0, 0.1) is 0 Å². The molecule has 10 atom stereocenters. The number of rotatable bonds is 21. The van der Waals surface area contributed by atoms with Crippen LogP contribution in [0.25, 0.3) is 0 Å². The zero-order chi connectivity index (χ0) is 43.0. The van der Waals surface area contributed by atoms with Crippen LogP contribution in [0.5, 0.6) is 0 Å². The zero-order valence-corrected chi connectivity index (χ0v) is 34.8. The lowest BCUT2D eigenvalue weighted by Gasteiger charge is -2.44. The molecule has 0 amide bonds. The van der Waals surface area contributed by atoms with E-state index in [1.807, 2.05) is 121 Å². The summed E-state index contributed by atoms with van der Waals surface area (Å²) in [6, 6.07) is 39.0. The van der Waals surface area contributed by atoms with Crippen LogP contribution in [0.4, 0.5) is 0 Å². The molecule has 0 spiro atoms. The predicted octanol–water partition coefficient (Wildman–Crippen LogP) is 5.87. The highest BCUT2D eigenvalue weighted by Gasteiger charge is 2.54. The SMILES string of the molecule is CO[C@H]1O[C@H](COC2O[C@H]([C@@H](COCc3ccccc3)OCc3ccccc3)[C@H](OCc3ccccc3)[C@H]2OCc2ccccc2)[C@@H](OC(C)=O)[C@H](OC(C)=O)[C@H]1OC(C)=O. The van der Waals surface area contributed by atoms with E-state index in [0.29, 0.717) is 6.61 Å². The van der Waals surface area contributed by atoms with Gasteiger partial charge in [-0.15, -0.1) is 0 Å². The maximum absolute atomic E-state index is 12.5. The van der Waals surface area contributed by atoms with Gasteiger partial charge >= 0.3 is 17.9 Å². The van der Waals surface area contributed by atoms with Crippen molar-refractivity contribution in [2.45, 2.75) is 109 Å². The molecule has 14 nitrogen and oxygen atoms in total. The highest BCUT2D eigenvalue weighted by atomic mass is 16.8. The standard InChI is InChI=1S/C47H54O14/c1-31(48)57-41-39(60-46(51-4)45(59-33(3)50)43(41)58-32(2)49)30-56-47-44(55-28-37-23-15-8-16-24-37)42(54-27-36-21-13-7-14-22-36)40(61-47)38(53-26-35-19-11-6-12-20-35)29-52-25-34-17-9-5-10-18-34/h5-24,38-47H,25-30H2,1-4H3/t38-,39-,40-,41-,42+,43+,44-,45-,46+,47?/m1/s1. The molecule has 2 saturated heterocycles. The van der Waals surface area contributed by atoms with Crippen LogP contribution >= 0.6 is 0 Å². The topological polar surface area (TPSA) is 153 Å². The van der Waals surface area contributed by atoms with Crippen molar-refractivity contribution < 1.29 is 66.5 Å². The third kappa shape index (κ3) is 13.5. The molecule has 0 N–H and O–H groups in total. The van der Waals surface area contributed by atoms with Gasteiger partial charge in [0.1, 0.15) is 30.5 Å². The predicted molar refractivity (Wildman–Crippen MR) is 218 cm³/mol. The highest BCUT2D eigenvalue weighted by Crippen LogP contribution is 2.35. The summed E-state index contributed by atoms with van der Waals surface area (Å²) in [5.41, 5.74) is 3.78. The summed E-state index contributed by atoms with van der Waals surface area (Å²) in [6.07, 6.45) is -10.4. The Labute approximate surface area is 356 Å². The molecule has 4 aromatic carbocycles. The number of hydrogen-bond acceptors (Lipinski definition) is 14. The fourth-order valence-electron chi connectivity index (χ4n) is 7.23. The Morgan fingerprint density at radius 2 is 0.967 bits per heavy atom. The molecule has 2 heterocycles. The van der Waals surface area contributed by atoms with E-state index in [1.165, 1.54) is 27.9 Å². The van der Waals surface area contributed by atoms with Crippen molar-refractivity contribution in [3.05, 3.63) is 144 Å². The summed E-state index contributed by atoms with van der Waals surface area (Å²) in [5.74, 6) is -2.09. The van der Waals surface area contributed by atoms with Crippen LogP contribution in [-0.4, -0.2) is 99.6 Å². The number of carbonyl (C=O) groups excluding carboxylic acids is 3. The maximum Gasteiger partial charge on any atom is 0.303 e. The summed E-state index contributed by atoms with van der Waals surface area (Å²) in [7, 11) is 1.35. The number of esters is 3. The third-order valence-corrected chi connectivity index (χ3v) is 10.00. The Morgan fingerprint density at radius 1 is 0.508 bits per heavy atom. The summed E-state index contributed by atoms with van der Waals surface area (Å²) in [4.78, 5) is 37.1. The van der Waals surface area contributed by atoms with Crippen LogP contribution < -0.4 is 0 Å². The minimum Gasteiger partial charge on any atom is -0.456 e. The Hall–Kier alpha value is -5.03. The molecule has 2 aliphatic rings. The molecule has 0 saturated carbocycles. The van der Waals surface area contributed by atoms with E-state index in [4.69, 9.17) is 52.1 Å². The second kappa shape index (κ2) is 23.3. The van der Waals surface area contributed by atoms with Crippen LogP contribution in [0.1, 0.15) is 43.0 Å². The molecular weight excluding hydrogens is 789 g/mol. The number of carbonyl (C=O) groups is 3. The molecule has 0 aromatic heterocycles. The van der Waals surface area contributed by atoms with Crippen LogP contribution in [0.2, 0.25) is 0 Å². The highest BCUT2D eigenvalue weighted by molar-refractivity contribution is 5.68. The maximum atomic E-state index is 12.5. The number of hydrogen-bond donors (Lipinski definition) is 0. The first-order valence-electron chi connectivity index (χ1n) is 20.2. The number of ether oxygens (including phenoxy) is 11. The van der Waals surface area contributed by atoms with Gasteiger partial charge in [-0.2, -0.15) is 0 Å². The minimum atomic E-state index is -1.31. The molecule has 6 rings (SSSR count). The van der Waals surface area contributed by atoms with Crippen LogP contribution in [0.15, 0.2) is 121 Å². The molecular formula is C47H54O14. The molecule has 61 heavy (non-hydrogen) atoms. The lowest BCUT2D eigenvalue weighted by atomic mass is 9.98. The van der Waals surface area contributed by atoms with Gasteiger partial charge in [0, 0.05) is 27.9 Å². The van der Waals surface area contributed by atoms with Crippen molar-refractivity contribution >= 4 is 17.9 Å². The number of benzene rings is 4. The third-order valence-electron chi connectivity index (χ3n) is 10.00. The molecule has 0 bridgehead atoms. The molecule has 14 heteroatoms. The molecule has 2 fully saturated rings. The Balaban J connectivity index is 1.32. The van der Waals surface area contributed by atoms with Gasteiger partial charge in [-0.1, -0.05) is 121 Å². The monoisotopic (exact) mass is 842 g/mol. The van der Waals surface area contributed by atoms with Gasteiger partial charge in [-0.3, -0.25) is 14.4 Å². The summed E-state index contributed by atoms with van der Waals surface area (Å²) in [5, 5.41) is 0. The van der Waals surface area contributed by atoms with E-state index in [0.717, 1.165) is 22.3 Å². The molecule has 0 radical (unpaired) electrons. The first kappa shape index (κ1) is 45.5. The van der Waals surface area contributed by atoms with Gasteiger partial charge in [0.2, 0.25) is 0 Å². The van der Waals surface area contributed by atoms with Crippen molar-refractivity contribution in [3.63, 3.8) is 0 Å². The van der Waals surface area contributed by atoms with Crippen molar-refractivity contribution in [2.24, 2.45) is 0 Å². The molecule has 2 aliphatic heterocycles. The van der Waals surface area contributed by atoms with Gasteiger partial charge in [0.05, 0.1) is 39.6 Å². The van der Waals surface area contributed by atoms with Crippen molar-refractivity contribution in [3.8, 4) is 0 Å². The van der Waals surface area contributed by atoms with E-state index in [9.17, 15) is 14.4 Å². The Kier molecular flexibility index (Phi) is 17.3. The normalized spacial score (nSPS) is 25.3. The molecule has 326 valence electrons. The quantitative estimate of drug-likeness (QED) is 0.0727. The molecule has 4 aromatic rings. The van der Waals surface area contributed by atoms with E-state index in [-0.39, 0.29) is 33.0 Å². The van der Waals surface area contributed by atoms with E-state index in [2.05, 4.69) is 0 Å².